The number of aromatic nitrogens is 2. The summed E-state index contributed by atoms with van der Waals surface area (Å²) in [4.78, 5) is 23.4. The van der Waals surface area contributed by atoms with E-state index in [9.17, 15) is 4.79 Å². The van der Waals surface area contributed by atoms with Crippen molar-refractivity contribution in [3.63, 3.8) is 0 Å². The topological polar surface area (TPSA) is 118 Å². The van der Waals surface area contributed by atoms with E-state index in [2.05, 4.69) is 4.98 Å². The summed E-state index contributed by atoms with van der Waals surface area (Å²) < 4.78 is 1.50. The standard InChI is InChI=1S/C11H10N2O2.CH2O3.2K/c1-13-7-12-9(10(13)11(14)15)8-5-3-2-4-6-8;2-1(3)4;;/h2-7H,1H3,(H,14,15);(H2,2,3,4);;/q;;2*+1/p-2. The van der Waals surface area contributed by atoms with E-state index >= 15 is 0 Å². The quantitative estimate of drug-likeness (QED) is 0.543. The minimum Gasteiger partial charge on any atom is -0.652 e. The van der Waals surface area contributed by atoms with Crippen molar-refractivity contribution in [1.82, 2.24) is 9.55 Å². The molecule has 0 bridgehead atoms. The number of hydrogen-bond acceptors (Lipinski definition) is 5. The summed E-state index contributed by atoms with van der Waals surface area (Å²) in [6.45, 7) is 0. The summed E-state index contributed by atoms with van der Waals surface area (Å²) in [6, 6.07) is 9.28. The molecule has 100 valence electrons. The van der Waals surface area contributed by atoms with Gasteiger partial charge in [-0.3, -0.25) is 0 Å². The number of carbonyl (C=O) groups excluding carboxylic acids is 1. The number of carboxylic acids is 1. The first kappa shape index (κ1) is 23.7. The van der Waals surface area contributed by atoms with Crippen LogP contribution in [0.1, 0.15) is 10.5 Å². The number of hydrogen-bond donors (Lipinski definition) is 1. The molecule has 0 saturated heterocycles. The molecule has 21 heavy (non-hydrogen) atoms. The fourth-order valence-corrected chi connectivity index (χ4v) is 1.49. The number of carbonyl (C=O) groups is 2. The Bertz CT molecular complexity index is 583. The largest absolute Gasteiger partial charge is 1.00 e. The molecule has 0 aliphatic carbocycles. The van der Waals surface area contributed by atoms with Crippen molar-refractivity contribution < 1.29 is 128 Å². The molecular weight excluding hydrogens is 330 g/mol. The predicted molar refractivity (Wildman–Crippen MR) is 61.0 cm³/mol. The average molecular weight is 340 g/mol. The molecule has 0 radical (unpaired) electrons. The Balaban J connectivity index is 0. The molecule has 2 aromatic rings. The average Bonchev–Trinajstić information content (AvgIpc) is 2.71. The molecule has 0 fully saturated rings. The first-order chi connectivity index (χ1) is 8.93. The second kappa shape index (κ2) is 11.9. The Hall–Kier alpha value is 0.443. The van der Waals surface area contributed by atoms with Crippen LogP contribution in [0, 0.1) is 0 Å². The molecule has 7 nitrogen and oxygen atoms in total. The van der Waals surface area contributed by atoms with Gasteiger partial charge in [0.2, 0.25) is 0 Å². The summed E-state index contributed by atoms with van der Waals surface area (Å²) in [5.74, 6) is -0.964. The van der Waals surface area contributed by atoms with Crippen LogP contribution in [0.15, 0.2) is 36.7 Å². The molecule has 1 N–H and O–H groups in total. The molecule has 0 amide bonds. The van der Waals surface area contributed by atoms with Gasteiger partial charge >= 0.3 is 109 Å². The minimum atomic E-state index is -2.33. The van der Waals surface area contributed by atoms with Gasteiger partial charge in [0, 0.05) is 12.6 Å². The first-order valence-corrected chi connectivity index (χ1v) is 5.11. The van der Waals surface area contributed by atoms with Crippen LogP contribution < -0.4 is 113 Å². The van der Waals surface area contributed by atoms with Gasteiger partial charge in [-0.15, -0.1) is 0 Å². The Labute approximate surface area is 206 Å². The second-order valence-corrected chi connectivity index (χ2v) is 3.47. The molecule has 1 heterocycles. The van der Waals surface area contributed by atoms with Crippen molar-refractivity contribution in [1.29, 1.82) is 0 Å². The molecule has 0 atom stereocenters. The van der Waals surface area contributed by atoms with Crippen LogP contribution in [0.2, 0.25) is 0 Å². The summed E-state index contributed by atoms with van der Waals surface area (Å²) in [6.07, 6.45) is -0.828. The predicted octanol–water partition coefficient (Wildman–Crippen LogP) is -6.65. The van der Waals surface area contributed by atoms with E-state index in [4.69, 9.17) is 20.1 Å². The van der Waals surface area contributed by atoms with Gasteiger partial charge in [0.25, 0.3) is 0 Å². The summed E-state index contributed by atoms with van der Waals surface area (Å²) in [5, 5.41) is 25.7. The van der Waals surface area contributed by atoms with Gasteiger partial charge in [-0.2, -0.15) is 0 Å². The molecule has 1 aromatic carbocycles. The van der Waals surface area contributed by atoms with E-state index < -0.39 is 12.1 Å². The van der Waals surface area contributed by atoms with Crippen molar-refractivity contribution in [3.05, 3.63) is 42.4 Å². The van der Waals surface area contributed by atoms with Gasteiger partial charge in [0.15, 0.2) is 5.69 Å². The van der Waals surface area contributed by atoms with Crippen molar-refractivity contribution >= 4 is 12.1 Å². The van der Waals surface area contributed by atoms with Crippen molar-refractivity contribution in [2.75, 3.05) is 0 Å². The summed E-state index contributed by atoms with van der Waals surface area (Å²) >= 11 is 0. The molecular formula is C12H10K2N2O5. The fraction of sp³-hybridized carbons (Fsp3) is 0.0833. The number of aromatic carboxylic acids is 1. The van der Waals surface area contributed by atoms with Crippen LogP contribution in [0.25, 0.3) is 11.3 Å². The Morgan fingerprint density at radius 2 is 1.62 bits per heavy atom. The molecule has 1 aromatic heterocycles. The van der Waals surface area contributed by atoms with Gasteiger partial charge in [0.05, 0.1) is 6.33 Å². The van der Waals surface area contributed by atoms with Crippen LogP contribution >= 0.6 is 0 Å². The van der Waals surface area contributed by atoms with Crippen LogP contribution in [0.5, 0.6) is 0 Å². The Kier molecular flexibility index (Phi) is 13.5. The zero-order chi connectivity index (χ0) is 14.4. The number of rotatable bonds is 2. The monoisotopic (exact) mass is 340 g/mol. The van der Waals surface area contributed by atoms with Gasteiger partial charge < -0.3 is 24.7 Å². The van der Waals surface area contributed by atoms with E-state index in [1.54, 1.807) is 7.05 Å². The zero-order valence-electron chi connectivity index (χ0n) is 11.9. The normalized spacial score (nSPS) is 8.43. The number of carboxylic acid groups (broad SMARTS) is 3. The van der Waals surface area contributed by atoms with E-state index in [1.807, 2.05) is 30.3 Å². The fourth-order valence-electron chi connectivity index (χ4n) is 1.49. The molecule has 0 aliphatic heterocycles. The number of imidazole rings is 1. The second-order valence-electron chi connectivity index (χ2n) is 3.47. The number of nitrogens with zero attached hydrogens (tertiary/aromatic N) is 2. The van der Waals surface area contributed by atoms with Crippen molar-refractivity contribution in [2.45, 2.75) is 0 Å². The zero-order valence-corrected chi connectivity index (χ0v) is 18.2. The van der Waals surface area contributed by atoms with Crippen LogP contribution in [-0.4, -0.2) is 26.8 Å². The third-order valence-corrected chi connectivity index (χ3v) is 2.19. The van der Waals surface area contributed by atoms with Gasteiger partial charge in [-0.1, -0.05) is 30.3 Å². The van der Waals surface area contributed by atoms with E-state index in [0.29, 0.717) is 5.69 Å². The van der Waals surface area contributed by atoms with E-state index in [0.717, 1.165) is 5.56 Å². The van der Waals surface area contributed by atoms with Gasteiger partial charge in [0.1, 0.15) is 5.69 Å². The van der Waals surface area contributed by atoms with Gasteiger partial charge in [-0.05, 0) is 6.16 Å². The van der Waals surface area contributed by atoms with Gasteiger partial charge in [-0.25, -0.2) is 9.78 Å². The van der Waals surface area contributed by atoms with E-state index in [-0.39, 0.29) is 108 Å². The van der Waals surface area contributed by atoms with Crippen molar-refractivity contribution in [3.8, 4) is 11.3 Å². The third-order valence-electron chi connectivity index (χ3n) is 2.19. The SMILES string of the molecule is Cn1cnc(-c2ccccc2)c1C(=O)O.O=C([O-])[O-].[K+].[K+]. The van der Waals surface area contributed by atoms with Crippen LogP contribution in [0.3, 0.4) is 0 Å². The third kappa shape index (κ3) is 8.02. The Morgan fingerprint density at radius 3 is 2.05 bits per heavy atom. The maximum atomic E-state index is 11.0. The smallest absolute Gasteiger partial charge is 0.652 e. The molecule has 0 spiro atoms. The molecule has 9 heteroatoms. The van der Waals surface area contributed by atoms with Crippen molar-refractivity contribution in [2.24, 2.45) is 7.05 Å². The molecule has 0 aliphatic rings. The Morgan fingerprint density at radius 1 is 1.14 bits per heavy atom. The summed E-state index contributed by atoms with van der Waals surface area (Å²) in [5.41, 5.74) is 1.53. The first-order valence-electron chi connectivity index (χ1n) is 5.11. The van der Waals surface area contributed by atoms with Crippen LogP contribution in [-0.2, 0) is 7.05 Å². The molecule has 0 saturated carbocycles. The maximum absolute atomic E-state index is 11.0. The number of benzene rings is 1. The molecule has 2 rings (SSSR count). The van der Waals surface area contributed by atoms with Crippen LogP contribution in [0.4, 0.5) is 4.79 Å². The maximum Gasteiger partial charge on any atom is 1.00 e. The minimum absolute atomic E-state index is 0. The van der Waals surface area contributed by atoms with E-state index in [1.165, 1.54) is 10.9 Å². The summed E-state index contributed by atoms with van der Waals surface area (Å²) in [7, 11) is 1.67. The number of aryl methyl sites for hydroxylation is 1. The molecule has 0 unspecified atom stereocenters.